The van der Waals surface area contributed by atoms with E-state index in [9.17, 15) is 13.6 Å². The Labute approximate surface area is 104 Å². The van der Waals surface area contributed by atoms with Crippen molar-refractivity contribution in [3.05, 3.63) is 16.3 Å². The predicted molar refractivity (Wildman–Crippen MR) is 63.0 cm³/mol. The van der Waals surface area contributed by atoms with Crippen molar-refractivity contribution in [3.8, 4) is 0 Å². The highest BCUT2D eigenvalue weighted by Crippen LogP contribution is 2.20. The van der Waals surface area contributed by atoms with Crippen LogP contribution in [0, 0.1) is 0 Å². The van der Waals surface area contributed by atoms with Gasteiger partial charge in [0.2, 0.25) is 0 Å². The molecule has 1 saturated heterocycles. The van der Waals surface area contributed by atoms with Crippen LogP contribution in [0.25, 0.3) is 0 Å². The third kappa shape index (κ3) is 2.60. The van der Waals surface area contributed by atoms with E-state index >= 15 is 0 Å². The standard InChI is InChI=1S/C11H18F2N4O/c1-2-16-10(8-4-3-5-14-6-8)15-17(11(16)18)7-9(12)13/h8-9,14H,2-7H2,1H3/t8-/m0/s1. The Kier molecular flexibility index (Phi) is 4.11. The first-order chi connectivity index (χ1) is 8.63. The van der Waals surface area contributed by atoms with Gasteiger partial charge in [0.05, 0.1) is 0 Å². The first kappa shape index (κ1) is 13.2. The lowest BCUT2D eigenvalue weighted by Gasteiger charge is -2.21. The summed E-state index contributed by atoms with van der Waals surface area (Å²) in [5, 5.41) is 7.33. The van der Waals surface area contributed by atoms with Gasteiger partial charge in [0.15, 0.2) is 0 Å². The van der Waals surface area contributed by atoms with Crippen LogP contribution in [-0.4, -0.2) is 33.9 Å². The second-order valence-electron chi connectivity index (χ2n) is 4.50. The number of hydrogen-bond acceptors (Lipinski definition) is 3. The summed E-state index contributed by atoms with van der Waals surface area (Å²) in [6.07, 6.45) is -0.595. The molecule has 102 valence electrons. The highest BCUT2D eigenvalue weighted by atomic mass is 19.3. The molecule has 0 bridgehead atoms. The molecule has 1 aliphatic rings. The van der Waals surface area contributed by atoms with Crippen LogP contribution in [0.15, 0.2) is 4.79 Å². The summed E-state index contributed by atoms with van der Waals surface area (Å²) < 4.78 is 27.1. The Morgan fingerprint density at radius 1 is 1.56 bits per heavy atom. The van der Waals surface area contributed by atoms with Gasteiger partial charge in [-0.25, -0.2) is 18.3 Å². The summed E-state index contributed by atoms with van der Waals surface area (Å²) in [5.74, 6) is 0.778. The zero-order valence-electron chi connectivity index (χ0n) is 10.4. The van der Waals surface area contributed by atoms with E-state index in [1.165, 1.54) is 4.57 Å². The van der Waals surface area contributed by atoms with Crippen molar-refractivity contribution in [2.75, 3.05) is 13.1 Å². The average Bonchev–Trinajstić information content (AvgIpc) is 2.67. The monoisotopic (exact) mass is 260 g/mol. The van der Waals surface area contributed by atoms with E-state index < -0.39 is 18.7 Å². The summed E-state index contributed by atoms with van der Waals surface area (Å²) >= 11 is 0. The minimum absolute atomic E-state index is 0.144. The van der Waals surface area contributed by atoms with E-state index in [1.54, 1.807) is 0 Å². The molecule has 0 aliphatic carbocycles. The van der Waals surface area contributed by atoms with Gasteiger partial charge in [0.25, 0.3) is 6.43 Å². The lowest BCUT2D eigenvalue weighted by atomic mass is 9.99. The normalized spacial score (nSPS) is 20.6. The van der Waals surface area contributed by atoms with Gasteiger partial charge in [-0.05, 0) is 26.3 Å². The highest BCUT2D eigenvalue weighted by molar-refractivity contribution is 5.00. The number of rotatable bonds is 4. The molecule has 1 aromatic heterocycles. The van der Waals surface area contributed by atoms with Gasteiger partial charge in [0.1, 0.15) is 12.4 Å². The number of aromatic nitrogens is 3. The highest BCUT2D eigenvalue weighted by Gasteiger charge is 2.23. The van der Waals surface area contributed by atoms with E-state index in [0.717, 1.165) is 30.6 Å². The quantitative estimate of drug-likeness (QED) is 0.871. The molecule has 0 radical (unpaired) electrons. The molecule has 1 aromatic rings. The first-order valence-corrected chi connectivity index (χ1v) is 6.30. The van der Waals surface area contributed by atoms with Gasteiger partial charge in [0, 0.05) is 19.0 Å². The summed E-state index contributed by atoms with van der Waals surface area (Å²) in [7, 11) is 0. The molecule has 2 rings (SSSR count). The van der Waals surface area contributed by atoms with E-state index in [4.69, 9.17) is 0 Å². The number of hydrogen-bond donors (Lipinski definition) is 1. The molecule has 0 unspecified atom stereocenters. The van der Waals surface area contributed by atoms with Crippen LogP contribution in [0.4, 0.5) is 8.78 Å². The smallest absolute Gasteiger partial charge is 0.316 e. The minimum atomic E-state index is -2.56. The molecule has 7 heteroatoms. The summed E-state index contributed by atoms with van der Waals surface area (Å²) in [6, 6.07) is 0. The van der Waals surface area contributed by atoms with Gasteiger partial charge in [-0.1, -0.05) is 0 Å². The molecule has 1 atom stereocenters. The van der Waals surface area contributed by atoms with Crippen molar-refractivity contribution in [1.82, 2.24) is 19.7 Å². The Bertz CT molecular complexity index is 448. The van der Waals surface area contributed by atoms with E-state index in [-0.39, 0.29) is 5.92 Å². The third-order valence-electron chi connectivity index (χ3n) is 3.24. The van der Waals surface area contributed by atoms with Crippen LogP contribution in [-0.2, 0) is 13.1 Å². The molecule has 5 nitrogen and oxygen atoms in total. The van der Waals surface area contributed by atoms with Crippen LogP contribution < -0.4 is 11.0 Å². The molecule has 1 aliphatic heterocycles. The second kappa shape index (κ2) is 5.60. The lowest BCUT2D eigenvalue weighted by molar-refractivity contribution is 0.120. The second-order valence-corrected chi connectivity index (χ2v) is 4.50. The van der Waals surface area contributed by atoms with Gasteiger partial charge >= 0.3 is 5.69 Å². The van der Waals surface area contributed by atoms with Crippen LogP contribution in [0.2, 0.25) is 0 Å². The molecule has 0 saturated carbocycles. The first-order valence-electron chi connectivity index (χ1n) is 6.30. The molecule has 1 N–H and O–H groups in total. The zero-order chi connectivity index (χ0) is 13.1. The Balaban J connectivity index is 2.30. The average molecular weight is 260 g/mol. The summed E-state index contributed by atoms with van der Waals surface area (Å²) in [4.78, 5) is 11.9. The van der Waals surface area contributed by atoms with Crippen molar-refractivity contribution in [2.45, 2.75) is 45.2 Å². The van der Waals surface area contributed by atoms with Crippen LogP contribution >= 0.6 is 0 Å². The molecular weight excluding hydrogens is 242 g/mol. The predicted octanol–water partition coefficient (Wildman–Crippen LogP) is 0.797. The Morgan fingerprint density at radius 2 is 2.33 bits per heavy atom. The maximum atomic E-state index is 12.4. The Morgan fingerprint density at radius 3 is 2.89 bits per heavy atom. The fourth-order valence-corrected chi connectivity index (χ4v) is 2.38. The SMILES string of the molecule is CCn1c([C@H]2CCCNC2)nn(CC(F)F)c1=O. The van der Waals surface area contributed by atoms with Gasteiger partial charge in [-0.15, -0.1) is 0 Å². The van der Waals surface area contributed by atoms with E-state index in [2.05, 4.69) is 10.4 Å². The van der Waals surface area contributed by atoms with Crippen molar-refractivity contribution < 1.29 is 8.78 Å². The summed E-state index contributed by atoms with van der Waals surface area (Å²) in [5.41, 5.74) is -0.432. The molecule has 0 spiro atoms. The number of piperidine rings is 1. The topological polar surface area (TPSA) is 51.9 Å². The largest absolute Gasteiger partial charge is 0.346 e. The number of alkyl halides is 2. The van der Waals surface area contributed by atoms with E-state index in [1.807, 2.05) is 6.92 Å². The molecule has 1 fully saturated rings. The number of nitrogens with one attached hydrogen (secondary N) is 1. The molecule has 0 amide bonds. The van der Waals surface area contributed by atoms with Crippen LogP contribution in [0.3, 0.4) is 0 Å². The summed E-state index contributed by atoms with van der Waals surface area (Å²) in [6.45, 7) is 3.39. The molecule has 0 aromatic carbocycles. The fourth-order valence-electron chi connectivity index (χ4n) is 2.38. The van der Waals surface area contributed by atoms with Gasteiger partial charge < -0.3 is 5.32 Å². The zero-order valence-corrected chi connectivity index (χ0v) is 10.4. The maximum Gasteiger partial charge on any atom is 0.346 e. The van der Waals surface area contributed by atoms with Crippen molar-refractivity contribution in [3.63, 3.8) is 0 Å². The lowest BCUT2D eigenvalue weighted by Crippen LogP contribution is -2.31. The fraction of sp³-hybridized carbons (Fsp3) is 0.818. The molecular formula is C11H18F2N4O. The van der Waals surface area contributed by atoms with Gasteiger partial charge in [-0.3, -0.25) is 4.57 Å². The van der Waals surface area contributed by atoms with Crippen molar-refractivity contribution in [1.29, 1.82) is 0 Å². The minimum Gasteiger partial charge on any atom is -0.316 e. The number of halogens is 2. The molecule has 18 heavy (non-hydrogen) atoms. The Hall–Kier alpha value is -1.24. The van der Waals surface area contributed by atoms with Crippen molar-refractivity contribution in [2.24, 2.45) is 0 Å². The van der Waals surface area contributed by atoms with Crippen LogP contribution in [0.1, 0.15) is 31.5 Å². The number of nitrogens with zero attached hydrogens (tertiary/aromatic N) is 3. The van der Waals surface area contributed by atoms with Gasteiger partial charge in [-0.2, -0.15) is 5.10 Å². The maximum absolute atomic E-state index is 12.4. The molecule has 2 heterocycles. The van der Waals surface area contributed by atoms with Crippen molar-refractivity contribution >= 4 is 0 Å². The van der Waals surface area contributed by atoms with Crippen LogP contribution in [0.5, 0.6) is 0 Å². The third-order valence-corrected chi connectivity index (χ3v) is 3.24. The van der Waals surface area contributed by atoms with E-state index in [0.29, 0.717) is 12.4 Å².